The summed E-state index contributed by atoms with van der Waals surface area (Å²) in [5.41, 5.74) is 4.03. The van der Waals surface area contributed by atoms with E-state index in [-0.39, 0.29) is 5.69 Å². The van der Waals surface area contributed by atoms with E-state index >= 15 is 0 Å². The van der Waals surface area contributed by atoms with Crippen LogP contribution in [0.5, 0.6) is 0 Å². The van der Waals surface area contributed by atoms with Crippen molar-refractivity contribution < 1.29 is 9.18 Å². The fourth-order valence-electron chi connectivity index (χ4n) is 4.03. The highest BCUT2D eigenvalue weighted by Crippen LogP contribution is 2.31. The first kappa shape index (κ1) is 24.5. The molecule has 0 aliphatic carbocycles. The molecule has 0 aliphatic rings. The molecule has 2 aromatic carbocycles. The first-order chi connectivity index (χ1) is 18.2. The lowest BCUT2D eigenvalue weighted by Gasteiger charge is -2.18. The molecule has 5 rings (SSSR count). The lowest BCUT2D eigenvalue weighted by molar-refractivity contribution is 0.102. The Labute approximate surface area is 217 Å². The second kappa shape index (κ2) is 9.71. The highest BCUT2D eigenvalue weighted by Gasteiger charge is 2.22. The number of imidazole rings is 1. The molecular formula is C28H23FN8O. The molecule has 38 heavy (non-hydrogen) atoms. The lowest BCUT2D eigenvalue weighted by Crippen LogP contribution is -2.18. The van der Waals surface area contributed by atoms with E-state index in [0.29, 0.717) is 45.1 Å². The number of nitriles is 1. The molecule has 1 amide bonds. The topological polar surface area (TPSA) is 132 Å². The van der Waals surface area contributed by atoms with Crippen molar-refractivity contribution in [2.45, 2.75) is 26.2 Å². The Morgan fingerprint density at radius 2 is 1.92 bits per heavy atom. The minimum absolute atomic E-state index is 0.00296. The number of carbonyl (C=O) groups excluding carboxylic acids is 1. The van der Waals surface area contributed by atoms with Crippen LogP contribution in [0.3, 0.4) is 0 Å². The monoisotopic (exact) mass is 506 g/mol. The predicted octanol–water partition coefficient (Wildman–Crippen LogP) is 5.66. The number of aromatic nitrogens is 5. The molecule has 3 heterocycles. The van der Waals surface area contributed by atoms with Gasteiger partial charge in [-0.15, -0.1) is 0 Å². The van der Waals surface area contributed by atoms with Gasteiger partial charge in [-0.1, -0.05) is 11.6 Å². The van der Waals surface area contributed by atoms with E-state index in [1.54, 1.807) is 50.6 Å². The van der Waals surface area contributed by atoms with Crippen LogP contribution < -0.4 is 10.6 Å². The van der Waals surface area contributed by atoms with Crippen LogP contribution in [0, 0.1) is 24.1 Å². The first-order valence-electron chi connectivity index (χ1n) is 11.8. The number of hydrogen-bond acceptors (Lipinski definition) is 7. The predicted molar refractivity (Wildman–Crippen MR) is 142 cm³/mol. The van der Waals surface area contributed by atoms with Gasteiger partial charge in [0.05, 0.1) is 23.5 Å². The Bertz CT molecular complexity index is 1720. The maximum Gasteiger partial charge on any atom is 0.255 e. The molecular weight excluding hydrogens is 483 g/mol. The number of hydrogen-bond donors (Lipinski definition) is 3. The van der Waals surface area contributed by atoms with E-state index in [9.17, 15) is 14.4 Å². The summed E-state index contributed by atoms with van der Waals surface area (Å²) in [6.45, 7) is 5.41. The average Bonchev–Trinajstić information content (AvgIpc) is 3.40. The van der Waals surface area contributed by atoms with Crippen molar-refractivity contribution in [2.75, 3.05) is 10.6 Å². The summed E-state index contributed by atoms with van der Waals surface area (Å²) in [6.07, 6.45) is 4.60. The van der Waals surface area contributed by atoms with Gasteiger partial charge < -0.3 is 15.6 Å². The summed E-state index contributed by atoms with van der Waals surface area (Å²) in [7, 11) is 0. The number of aromatic amines is 1. The zero-order valence-corrected chi connectivity index (χ0v) is 20.9. The van der Waals surface area contributed by atoms with Crippen molar-refractivity contribution in [3.63, 3.8) is 0 Å². The Kier molecular flexibility index (Phi) is 6.26. The summed E-state index contributed by atoms with van der Waals surface area (Å²) in [5, 5.41) is 15.3. The molecule has 0 spiro atoms. The second-order valence-electron chi connectivity index (χ2n) is 9.32. The number of halogens is 1. The molecule has 0 fully saturated rings. The van der Waals surface area contributed by atoms with Crippen molar-refractivity contribution in [3.8, 4) is 17.3 Å². The molecule has 0 unspecified atom stereocenters. The van der Waals surface area contributed by atoms with Gasteiger partial charge in [0, 0.05) is 23.0 Å². The Balaban J connectivity index is 1.44. The quantitative estimate of drug-likeness (QED) is 0.271. The van der Waals surface area contributed by atoms with Gasteiger partial charge in [0.25, 0.3) is 5.91 Å². The number of aryl methyl sites for hydroxylation is 1. The SMILES string of the molecule is Cc1cc(C(=O)Nc2cc(Nc3ncccc3-c3ncnc4[nH]cnc34)ccc2F)cc(C(C)(C)C#N)c1. The van der Waals surface area contributed by atoms with Crippen LogP contribution >= 0.6 is 0 Å². The van der Waals surface area contributed by atoms with E-state index < -0.39 is 17.1 Å². The molecule has 3 aromatic heterocycles. The third-order valence-corrected chi connectivity index (χ3v) is 6.10. The van der Waals surface area contributed by atoms with Gasteiger partial charge in [-0.2, -0.15) is 5.26 Å². The molecule has 0 aliphatic heterocycles. The van der Waals surface area contributed by atoms with Crippen LogP contribution in [0.15, 0.2) is 67.4 Å². The lowest BCUT2D eigenvalue weighted by atomic mass is 9.84. The molecule has 9 nitrogen and oxygen atoms in total. The molecule has 10 heteroatoms. The van der Waals surface area contributed by atoms with Crippen LogP contribution in [0.4, 0.5) is 21.6 Å². The third kappa shape index (κ3) is 4.77. The highest BCUT2D eigenvalue weighted by atomic mass is 19.1. The number of anilines is 3. The molecule has 0 atom stereocenters. The minimum atomic E-state index is -0.776. The molecule has 3 N–H and O–H groups in total. The normalized spacial score (nSPS) is 11.2. The Hall–Kier alpha value is -5.17. The van der Waals surface area contributed by atoms with Crippen molar-refractivity contribution in [3.05, 3.63) is 89.9 Å². The number of H-pyrrole nitrogens is 1. The van der Waals surface area contributed by atoms with E-state index in [2.05, 4.69) is 41.6 Å². The Morgan fingerprint density at radius 3 is 2.74 bits per heavy atom. The largest absolute Gasteiger partial charge is 0.340 e. The van der Waals surface area contributed by atoms with E-state index in [1.807, 2.05) is 19.1 Å². The van der Waals surface area contributed by atoms with Crippen LogP contribution in [0.2, 0.25) is 0 Å². The summed E-state index contributed by atoms with van der Waals surface area (Å²) in [4.78, 5) is 33.3. The van der Waals surface area contributed by atoms with Crippen LogP contribution in [0.25, 0.3) is 22.4 Å². The fourth-order valence-corrected chi connectivity index (χ4v) is 4.03. The number of benzene rings is 2. The van der Waals surface area contributed by atoms with Crippen LogP contribution in [-0.2, 0) is 5.41 Å². The zero-order valence-electron chi connectivity index (χ0n) is 20.9. The minimum Gasteiger partial charge on any atom is -0.340 e. The maximum absolute atomic E-state index is 14.7. The van der Waals surface area contributed by atoms with Crippen molar-refractivity contribution in [1.29, 1.82) is 5.26 Å². The number of fused-ring (bicyclic) bond motifs is 1. The zero-order chi connectivity index (χ0) is 26.9. The summed E-state index contributed by atoms with van der Waals surface area (Å²) in [6, 6.07) is 15.4. The summed E-state index contributed by atoms with van der Waals surface area (Å²) in [5.74, 6) is -0.606. The van der Waals surface area contributed by atoms with Gasteiger partial charge in [-0.3, -0.25) is 4.79 Å². The van der Waals surface area contributed by atoms with Crippen molar-refractivity contribution in [2.24, 2.45) is 0 Å². The third-order valence-electron chi connectivity index (χ3n) is 6.10. The number of pyridine rings is 1. The Morgan fingerprint density at radius 1 is 1.08 bits per heavy atom. The highest BCUT2D eigenvalue weighted by molar-refractivity contribution is 6.05. The van der Waals surface area contributed by atoms with E-state index in [0.717, 1.165) is 5.56 Å². The molecule has 188 valence electrons. The van der Waals surface area contributed by atoms with Gasteiger partial charge in [-0.05, 0) is 68.8 Å². The molecule has 0 saturated carbocycles. The first-order valence-corrected chi connectivity index (χ1v) is 11.8. The number of amides is 1. The summed E-state index contributed by atoms with van der Waals surface area (Å²) >= 11 is 0. The maximum atomic E-state index is 14.7. The average molecular weight is 507 g/mol. The molecule has 0 radical (unpaired) electrons. The molecule has 0 bridgehead atoms. The summed E-state index contributed by atoms with van der Waals surface area (Å²) < 4.78 is 14.7. The van der Waals surface area contributed by atoms with E-state index in [4.69, 9.17) is 0 Å². The van der Waals surface area contributed by atoms with Gasteiger partial charge in [0.2, 0.25) is 0 Å². The van der Waals surface area contributed by atoms with Gasteiger partial charge in [0.1, 0.15) is 29.2 Å². The van der Waals surface area contributed by atoms with Crippen LogP contribution in [0.1, 0.15) is 35.3 Å². The standard InChI is InChI=1S/C28H23FN8O/c1-16-9-17(11-18(10-16)28(2,3)13-30)27(38)37-22-12-19(6-7-21(22)29)36-25-20(5-4-8-31-25)23-24-26(34-14-32-23)35-15-33-24/h4-12,14-15H,1-3H3,(H,31,36)(H,37,38)(H,32,33,34,35). The molecule has 0 saturated heterocycles. The van der Waals surface area contributed by atoms with E-state index in [1.165, 1.54) is 18.5 Å². The smallest absolute Gasteiger partial charge is 0.255 e. The molecule has 5 aromatic rings. The number of carbonyl (C=O) groups is 1. The number of nitrogens with zero attached hydrogens (tertiary/aromatic N) is 5. The van der Waals surface area contributed by atoms with Gasteiger partial charge in [-0.25, -0.2) is 24.3 Å². The van der Waals surface area contributed by atoms with Crippen LogP contribution in [-0.4, -0.2) is 30.8 Å². The van der Waals surface area contributed by atoms with Gasteiger partial charge in [0.15, 0.2) is 5.65 Å². The van der Waals surface area contributed by atoms with Crippen molar-refractivity contribution in [1.82, 2.24) is 24.9 Å². The number of rotatable bonds is 6. The fraction of sp³-hybridized carbons (Fsp3) is 0.143. The van der Waals surface area contributed by atoms with Gasteiger partial charge >= 0.3 is 0 Å². The second-order valence-corrected chi connectivity index (χ2v) is 9.32. The van der Waals surface area contributed by atoms with Crippen molar-refractivity contribution >= 4 is 34.3 Å². The number of nitrogens with one attached hydrogen (secondary N) is 3.